The van der Waals surface area contributed by atoms with Gasteiger partial charge in [0, 0.05) is 13.0 Å². The number of piperidine rings is 1. The number of imidazole rings is 1. The number of hydrogen-bond acceptors (Lipinski definition) is 7. The molecule has 8 nitrogen and oxygen atoms in total. The highest BCUT2D eigenvalue weighted by molar-refractivity contribution is 5.42. The molecule has 3 aromatic heterocycles. The molecule has 138 valence electrons. The fraction of sp³-hybridized carbons (Fsp3) is 0.556. The van der Waals surface area contributed by atoms with Crippen LogP contribution in [0.25, 0.3) is 5.65 Å². The zero-order valence-corrected chi connectivity index (χ0v) is 15.5. The van der Waals surface area contributed by atoms with Gasteiger partial charge in [0.2, 0.25) is 11.8 Å². The second-order valence-electron chi connectivity index (χ2n) is 6.98. The monoisotopic (exact) mass is 356 g/mol. The molecule has 0 saturated carbocycles. The fourth-order valence-corrected chi connectivity index (χ4v) is 3.33. The lowest BCUT2D eigenvalue weighted by atomic mass is 9.98. The molecule has 0 unspecified atom stereocenters. The van der Waals surface area contributed by atoms with Gasteiger partial charge in [0.1, 0.15) is 0 Å². The zero-order chi connectivity index (χ0) is 18.1. The van der Waals surface area contributed by atoms with Crippen molar-refractivity contribution in [2.75, 3.05) is 19.7 Å². The standard InChI is InChI=1S/C18H24N6O2/c1-12-13(2)24-17(19-12)4-5-18(21-24)25-11-15-6-8-23(9-7-15)10-16-20-14(3)26-22-16/h4-5,15H,6-11H2,1-3H3. The van der Waals surface area contributed by atoms with Crippen molar-refractivity contribution >= 4 is 5.65 Å². The van der Waals surface area contributed by atoms with Gasteiger partial charge >= 0.3 is 0 Å². The first-order valence-corrected chi connectivity index (χ1v) is 9.06. The molecular weight excluding hydrogens is 332 g/mol. The molecule has 1 saturated heterocycles. The van der Waals surface area contributed by atoms with E-state index in [0.717, 1.165) is 55.3 Å². The molecule has 0 atom stereocenters. The predicted molar refractivity (Wildman–Crippen MR) is 95.0 cm³/mol. The highest BCUT2D eigenvalue weighted by Gasteiger charge is 2.21. The van der Waals surface area contributed by atoms with E-state index < -0.39 is 0 Å². The van der Waals surface area contributed by atoms with Gasteiger partial charge in [-0.25, -0.2) is 9.50 Å². The van der Waals surface area contributed by atoms with Crippen LogP contribution in [0.2, 0.25) is 0 Å². The van der Waals surface area contributed by atoms with E-state index in [4.69, 9.17) is 9.26 Å². The van der Waals surface area contributed by atoms with Gasteiger partial charge in [-0.15, -0.1) is 5.10 Å². The van der Waals surface area contributed by atoms with Crippen LogP contribution in [0, 0.1) is 26.7 Å². The summed E-state index contributed by atoms with van der Waals surface area (Å²) in [5.74, 6) is 2.58. The van der Waals surface area contributed by atoms with Crippen molar-refractivity contribution in [2.45, 2.75) is 40.2 Å². The average Bonchev–Trinajstić information content (AvgIpc) is 3.17. The summed E-state index contributed by atoms with van der Waals surface area (Å²) in [5, 5.41) is 8.52. The van der Waals surface area contributed by atoms with Crippen LogP contribution in [-0.2, 0) is 6.54 Å². The van der Waals surface area contributed by atoms with Crippen LogP contribution in [0.3, 0.4) is 0 Å². The van der Waals surface area contributed by atoms with E-state index in [9.17, 15) is 0 Å². The first kappa shape index (κ1) is 17.0. The lowest BCUT2D eigenvalue weighted by Gasteiger charge is -2.30. The van der Waals surface area contributed by atoms with E-state index in [2.05, 4.69) is 25.1 Å². The number of ether oxygens (including phenoxy) is 1. The minimum atomic E-state index is 0.543. The average molecular weight is 356 g/mol. The van der Waals surface area contributed by atoms with E-state index in [1.54, 1.807) is 0 Å². The molecule has 1 aliphatic heterocycles. The van der Waals surface area contributed by atoms with Crippen LogP contribution in [0.4, 0.5) is 0 Å². The van der Waals surface area contributed by atoms with Crippen molar-refractivity contribution < 1.29 is 9.26 Å². The smallest absolute Gasteiger partial charge is 0.231 e. The molecule has 0 amide bonds. The Kier molecular flexibility index (Phi) is 4.58. The molecule has 0 spiro atoms. The third kappa shape index (κ3) is 3.55. The summed E-state index contributed by atoms with van der Waals surface area (Å²) in [6.45, 7) is 9.32. The van der Waals surface area contributed by atoms with Crippen molar-refractivity contribution in [1.82, 2.24) is 29.6 Å². The van der Waals surface area contributed by atoms with Crippen LogP contribution < -0.4 is 4.74 Å². The van der Waals surface area contributed by atoms with Gasteiger partial charge in [0.05, 0.1) is 24.5 Å². The van der Waals surface area contributed by atoms with Crippen LogP contribution in [0.15, 0.2) is 16.7 Å². The van der Waals surface area contributed by atoms with E-state index in [0.29, 0.717) is 24.3 Å². The number of rotatable bonds is 5. The third-order valence-electron chi connectivity index (χ3n) is 5.02. The second-order valence-corrected chi connectivity index (χ2v) is 6.98. The van der Waals surface area contributed by atoms with Crippen molar-refractivity contribution in [2.24, 2.45) is 5.92 Å². The van der Waals surface area contributed by atoms with Gasteiger partial charge in [-0.2, -0.15) is 4.98 Å². The number of aromatic nitrogens is 5. The van der Waals surface area contributed by atoms with Crippen LogP contribution in [0.1, 0.15) is 35.9 Å². The summed E-state index contributed by atoms with van der Waals surface area (Å²) in [7, 11) is 0. The second kappa shape index (κ2) is 7.03. The predicted octanol–water partition coefficient (Wildman–Crippen LogP) is 2.33. The van der Waals surface area contributed by atoms with Crippen molar-refractivity contribution in [3.05, 3.63) is 35.2 Å². The minimum absolute atomic E-state index is 0.543. The van der Waals surface area contributed by atoms with Crippen LogP contribution in [-0.4, -0.2) is 49.3 Å². The van der Waals surface area contributed by atoms with Gasteiger partial charge in [-0.05, 0) is 51.8 Å². The normalized spacial score (nSPS) is 16.4. The summed E-state index contributed by atoms with van der Waals surface area (Å²) in [6, 6.07) is 3.85. The molecule has 1 fully saturated rings. The number of fused-ring (bicyclic) bond motifs is 1. The number of likely N-dealkylation sites (tertiary alicyclic amines) is 1. The Morgan fingerprint density at radius 3 is 2.69 bits per heavy atom. The summed E-state index contributed by atoms with van der Waals surface area (Å²) in [5.41, 5.74) is 2.91. The maximum Gasteiger partial charge on any atom is 0.231 e. The largest absolute Gasteiger partial charge is 0.476 e. The van der Waals surface area contributed by atoms with Gasteiger partial charge in [-0.3, -0.25) is 4.90 Å². The Morgan fingerprint density at radius 1 is 1.15 bits per heavy atom. The van der Waals surface area contributed by atoms with E-state index in [-0.39, 0.29) is 0 Å². The Labute approximate surface area is 152 Å². The van der Waals surface area contributed by atoms with E-state index >= 15 is 0 Å². The maximum absolute atomic E-state index is 5.96. The van der Waals surface area contributed by atoms with Crippen molar-refractivity contribution in [3.8, 4) is 5.88 Å². The first-order valence-electron chi connectivity index (χ1n) is 9.06. The summed E-state index contributed by atoms with van der Waals surface area (Å²) in [4.78, 5) is 11.1. The summed E-state index contributed by atoms with van der Waals surface area (Å²) in [6.07, 6.45) is 2.20. The SMILES string of the molecule is Cc1nc(CN2CCC(COc3ccc4nc(C)c(C)n4n3)CC2)no1. The number of hydrogen-bond donors (Lipinski definition) is 0. The maximum atomic E-state index is 5.96. The Bertz CT molecular complexity index is 894. The molecule has 4 rings (SSSR count). The Morgan fingerprint density at radius 2 is 1.96 bits per heavy atom. The molecule has 0 aliphatic carbocycles. The number of aryl methyl sites for hydroxylation is 3. The van der Waals surface area contributed by atoms with E-state index in [1.165, 1.54) is 0 Å². The van der Waals surface area contributed by atoms with Gasteiger partial charge in [0.15, 0.2) is 11.5 Å². The van der Waals surface area contributed by atoms with Gasteiger partial charge in [0.25, 0.3) is 0 Å². The van der Waals surface area contributed by atoms with Crippen molar-refractivity contribution in [1.29, 1.82) is 0 Å². The van der Waals surface area contributed by atoms with E-state index in [1.807, 2.05) is 37.4 Å². The minimum Gasteiger partial charge on any atom is -0.476 e. The third-order valence-corrected chi connectivity index (χ3v) is 5.02. The molecule has 26 heavy (non-hydrogen) atoms. The molecule has 3 aromatic rings. The summed E-state index contributed by atoms with van der Waals surface area (Å²) < 4.78 is 12.8. The van der Waals surface area contributed by atoms with Crippen molar-refractivity contribution in [3.63, 3.8) is 0 Å². The lowest BCUT2D eigenvalue weighted by Crippen LogP contribution is -2.35. The summed E-state index contributed by atoms with van der Waals surface area (Å²) >= 11 is 0. The topological polar surface area (TPSA) is 81.6 Å². The van der Waals surface area contributed by atoms with Crippen LogP contribution >= 0.6 is 0 Å². The molecule has 0 aromatic carbocycles. The molecule has 0 radical (unpaired) electrons. The Balaban J connectivity index is 1.29. The number of nitrogens with zero attached hydrogens (tertiary/aromatic N) is 6. The van der Waals surface area contributed by atoms with Gasteiger partial charge < -0.3 is 9.26 Å². The molecule has 0 bridgehead atoms. The molecular formula is C18H24N6O2. The molecule has 1 aliphatic rings. The van der Waals surface area contributed by atoms with Gasteiger partial charge in [-0.1, -0.05) is 5.16 Å². The zero-order valence-electron chi connectivity index (χ0n) is 15.5. The highest BCUT2D eigenvalue weighted by atomic mass is 16.5. The fourth-order valence-electron chi connectivity index (χ4n) is 3.33. The lowest BCUT2D eigenvalue weighted by molar-refractivity contribution is 0.131. The molecule has 8 heteroatoms. The molecule has 4 heterocycles. The van der Waals surface area contributed by atoms with Crippen LogP contribution in [0.5, 0.6) is 5.88 Å². The highest BCUT2D eigenvalue weighted by Crippen LogP contribution is 2.20. The first-order chi connectivity index (χ1) is 12.6. The quantitative estimate of drug-likeness (QED) is 0.694. The molecule has 0 N–H and O–H groups in total. The Hall–Kier alpha value is -2.48.